The zero-order valence-corrected chi connectivity index (χ0v) is 10.9. The van der Waals surface area contributed by atoms with Crippen LogP contribution in [0.25, 0.3) is 0 Å². The summed E-state index contributed by atoms with van der Waals surface area (Å²) in [4.78, 5) is 0. The van der Waals surface area contributed by atoms with Crippen molar-refractivity contribution < 1.29 is 0 Å². The minimum absolute atomic E-state index is 0.795. The molecule has 2 nitrogen and oxygen atoms in total. The van der Waals surface area contributed by atoms with Crippen LogP contribution in [0, 0.1) is 5.92 Å². The van der Waals surface area contributed by atoms with Crippen molar-refractivity contribution in [2.45, 2.75) is 6.42 Å². The summed E-state index contributed by atoms with van der Waals surface area (Å²) >= 11 is 5.56. The SMILES string of the molecule is Nc1ccc(NCC2CCSC2)c(Br)c1. The van der Waals surface area contributed by atoms with E-state index in [0.29, 0.717) is 0 Å². The molecule has 0 spiro atoms. The fourth-order valence-electron chi connectivity index (χ4n) is 1.67. The molecule has 1 aliphatic rings. The molecule has 15 heavy (non-hydrogen) atoms. The zero-order valence-electron chi connectivity index (χ0n) is 8.50. The van der Waals surface area contributed by atoms with Crippen molar-refractivity contribution in [1.82, 2.24) is 0 Å². The first-order chi connectivity index (χ1) is 7.25. The van der Waals surface area contributed by atoms with Crippen molar-refractivity contribution in [2.75, 3.05) is 29.1 Å². The van der Waals surface area contributed by atoms with E-state index in [1.54, 1.807) is 0 Å². The molecule has 82 valence electrons. The van der Waals surface area contributed by atoms with Crippen LogP contribution in [0.1, 0.15) is 6.42 Å². The fraction of sp³-hybridized carbons (Fsp3) is 0.455. The van der Waals surface area contributed by atoms with E-state index in [0.717, 1.165) is 28.3 Å². The van der Waals surface area contributed by atoms with Gasteiger partial charge in [-0.1, -0.05) is 0 Å². The number of halogens is 1. The van der Waals surface area contributed by atoms with Crippen LogP contribution in [0.15, 0.2) is 22.7 Å². The average Bonchev–Trinajstić information content (AvgIpc) is 2.69. The molecule has 0 bridgehead atoms. The number of benzene rings is 1. The highest BCUT2D eigenvalue weighted by Gasteiger charge is 2.15. The Hall–Kier alpha value is -0.350. The van der Waals surface area contributed by atoms with Crippen LogP contribution in [0.4, 0.5) is 11.4 Å². The second kappa shape index (κ2) is 5.12. The van der Waals surface area contributed by atoms with Gasteiger partial charge in [0.2, 0.25) is 0 Å². The Balaban J connectivity index is 1.92. The van der Waals surface area contributed by atoms with E-state index in [1.807, 2.05) is 18.2 Å². The van der Waals surface area contributed by atoms with Crippen LogP contribution >= 0.6 is 27.7 Å². The maximum absolute atomic E-state index is 5.68. The lowest BCUT2D eigenvalue weighted by Crippen LogP contribution is -2.13. The predicted octanol–water partition coefficient (Wildman–Crippen LogP) is 3.20. The molecular weight excluding hydrogens is 272 g/mol. The number of thioether (sulfide) groups is 1. The molecule has 0 aliphatic carbocycles. The summed E-state index contributed by atoms with van der Waals surface area (Å²) in [5.41, 5.74) is 7.62. The molecule has 0 aromatic heterocycles. The predicted molar refractivity (Wildman–Crippen MR) is 72.5 cm³/mol. The number of anilines is 2. The van der Waals surface area contributed by atoms with E-state index in [2.05, 4.69) is 33.0 Å². The molecule has 1 aromatic rings. The third-order valence-corrected chi connectivity index (χ3v) is 4.49. The molecule has 4 heteroatoms. The molecular formula is C11H15BrN2S. The van der Waals surface area contributed by atoms with Gasteiger partial charge in [-0.25, -0.2) is 0 Å². The van der Waals surface area contributed by atoms with Crippen molar-refractivity contribution >= 4 is 39.1 Å². The second-order valence-electron chi connectivity index (χ2n) is 3.85. The van der Waals surface area contributed by atoms with E-state index >= 15 is 0 Å². The van der Waals surface area contributed by atoms with Gasteiger partial charge in [0.15, 0.2) is 0 Å². The summed E-state index contributed by atoms with van der Waals surface area (Å²) in [7, 11) is 0. The highest BCUT2D eigenvalue weighted by Crippen LogP contribution is 2.27. The van der Waals surface area contributed by atoms with Crippen molar-refractivity contribution in [3.05, 3.63) is 22.7 Å². The van der Waals surface area contributed by atoms with E-state index in [9.17, 15) is 0 Å². The van der Waals surface area contributed by atoms with Gasteiger partial charge in [0, 0.05) is 22.4 Å². The maximum Gasteiger partial charge on any atom is 0.0486 e. The van der Waals surface area contributed by atoms with E-state index in [-0.39, 0.29) is 0 Å². The third kappa shape index (κ3) is 3.05. The molecule has 2 rings (SSSR count). The van der Waals surface area contributed by atoms with Gasteiger partial charge in [-0.2, -0.15) is 11.8 Å². The molecule has 1 fully saturated rings. The molecule has 1 saturated heterocycles. The highest BCUT2D eigenvalue weighted by atomic mass is 79.9. The van der Waals surface area contributed by atoms with Gasteiger partial charge in [0.25, 0.3) is 0 Å². The van der Waals surface area contributed by atoms with Gasteiger partial charge in [0.1, 0.15) is 0 Å². The minimum Gasteiger partial charge on any atom is -0.399 e. The molecule has 3 N–H and O–H groups in total. The Morgan fingerprint density at radius 2 is 2.40 bits per heavy atom. The molecule has 1 aliphatic heterocycles. The zero-order chi connectivity index (χ0) is 10.7. The summed E-state index contributed by atoms with van der Waals surface area (Å²) in [5, 5.41) is 3.47. The summed E-state index contributed by atoms with van der Waals surface area (Å²) in [5.74, 6) is 3.42. The van der Waals surface area contributed by atoms with Gasteiger partial charge in [-0.3, -0.25) is 0 Å². The lowest BCUT2D eigenvalue weighted by Gasteiger charge is -2.12. The van der Waals surface area contributed by atoms with Crippen LogP contribution in [-0.4, -0.2) is 18.1 Å². The summed E-state index contributed by atoms with van der Waals surface area (Å²) in [6, 6.07) is 5.89. The summed E-state index contributed by atoms with van der Waals surface area (Å²) in [6.45, 7) is 1.06. The van der Waals surface area contributed by atoms with Gasteiger partial charge in [-0.15, -0.1) is 0 Å². The number of hydrogen-bond acceptors (Lipinski definition) is 3. The Bertz CT molecular complexity index is 337. The number of nitrogens with one attached hydrogen (secondary N) is 1. The van der Waals surface area contributed by atoms with Gasteiger partial charge >= 0.3 is 0 Å². The summed E-state index contributed by atoms with van der Waals surface area (Å²) in [6.07, 6.45) is 1.34. The van der Waals surface area contributed by atoms with Gasteiger partial charge in [-0.05, 0) is 58.0 Å². The van der Waals surface area contributed by atoms with Crippen LogP contribution in [0.3, 0.4) is 0 Å². The van der Waals surface area contributed by atoms with E-state index in [4.69, 9.17) is 5.73 Å². The Morgan fingerprint density at radius 3 is 3.07 bits per heavy atom. The molecule has 1 unspecified atom stereocenters. The van der Waals surface area contributed by atoms with Gasteiger partial charge < -0.3 is 11.1 Å². The standard InChI is InChI=1S/C11H15BrN2S/c12-10-5-9(13)1-2-11(10)14-6-8-3-4-15-7-8/h1-2,5,8,14H,3-4,6-7,13H2. The summed E-state index contributed by atoms with van der Waals surface area (Å²) < 4.78 is 1.05. The topological polar surface area (TPSA) is 38.0 Å². The minimum atomic E-state index is 0.795. The highest BCUT2D eigenvalue weighted by molar-refractivity contribution is 9.10. The fourth-order valence-corrected chi connectivity index (χ4v) is 3.49. The first-order valence-electron chi connectivity index (χ1n) is 5.12. The Morgan fingerprint density at radius 1 is 1.53 bits per heavy atom. The van der Waals surface area contributed by atoms with E-state index in [1.165, 1.54) is 17.9 Å². The molecule has 0 amide bonds. The van der Waals surface area contributed by atoms with Crippen LogP contribution < -0.4 is 11.1 Å². The van der Waals surface area contributed by atoms with Crippen molar-refractivity contribution in [3.8, 4) is 0 Å². The molecule has 1 atom stereocenters. The van der Waals surface area contributed by atoms with Crippen LogP contribution in [0.5, 0.6) is 0 Å². The number of nitrogens with two attached hydrogens (primary N) is 1. The first kappa shape index (κ1) is 11.1. The number of nitrogen functional groups attached to an aromatic ring is 1. The largest absolute Gasteiger partial charge is 0.399 e. The van der Waals surface area contributed by atoms with E-state index < -0.39 is 0 Å². The van der Waals surface area contributed by atoms with Crippen LogP contribution in [0.2, 0.25) is 0 Å². The van der Waals surface area contributed by atoms with Crippen molar-refractivity contribution in [2.24, 2.45) is 5.92 Å². The normalized spacial score (nSPS) is 20.5. The van der Waals surface area contributed by atoms with Crippen LogP contribution in [-0.2, 0) is 0 Å². The maximum atomic E-state index is 5.68. The quantitative estimate of drug-likeness (QED) is 0.838. The van der Waals surface area contributed by atoms with Gasteiger partial charge in [0.05, 0.1) is 0 Å². The number of hydrogen-bond donors (Lipinski definition) is 2. The number of rotatable bonds is 3. The lowest BCUT2D eigenvalue weighted by atomic mass is 10.1. The molecule has 1 heterocycles. The molecule has 0 saturated carbocycles. The smallest absolute Gasteiger partial charge is 0.0486 e. The third-order valence-electron chi connectivity index (χ3n) is 2.60. The lowest BCUT2D eigenvalue weighted by molar-refractivity contribution is 0.631. The monoisotopic (exact) mass is 286 g/mol. The molecule has 1 aromatic carbocycles. The second-order valence-corrected chi connectivity index (χ2v) is 5.85. The molecule has 0 radical (unpaired) electrons. The Kier molecular flexibility index (Phi) is 3.81. The average molecular weight is 287 g/mol. The first-order valence-corrected chi connectivity index (χ1v) is 7.07. The van der Waals surface area contributed by atoms with Crippen molar-refractivity contribution in [3.63, 3.8) is 0 Å². The Labute approximate surface area is 103 Å². The van der Waals surface area contributed by atoms with Crippen molar-refractivity contribution in [1.29, 1.82) is 0 Å².